The zero-order chi connectivity index (χ0) is 19.1. The molecule has 0 unspecified atom stereocenters. The third-order valence-electron chi connectivity index (χ3n) is 3.89. The SMILES string of the molecule is COc1ccc(C(=O)Nc2ccc(NCCc3ccc(Cl)cc3)nn2)cc1. The van der Waals surface area contributed by atoms with Crippen molar-refractivity contribution in [2.24, 2.45) is 0 Å². The Morgan fingerprint density at radius 2 is 1.63 bits per heavy atom. The van der Waals surface area contributed by atoms with Crippen molar-refractivity contribution in [1.82, 2.24) is 10.2 Å². The van der Waals surface area contributed by atoms with Gasteiger partial charge in [-0.1, -0.05) is 23.7 Å². The van der Waals surface area contributed by atoms with Gasteiger partial charge in [0, 0.05) is 17.1 Å². The minimum atomic E-state index is -0.254. The molecule has 1 heterocycles. The molecule has 0 saturated heterocycles. The summed E-state index contributed by atoms with van der Waals surface area (Å²) in [6, 6.07) is 18.1. The van der Waals surface area contributed by atoms with Crippen molar-refractivity contribution >= 4 is 29.1 Å². The van der Waals surface area contributed by atoms with Crippen molar-refractivity contribution in [3.63, 3.8) is 0 Å². The number of rotatable bonds is 7. The normalized spacial score (nSPS) is 10.3. The lowest BCUT2D eigenvalue weighted by atomic mass is 10.1. The molecule has 1 aromatic heterocycles. The van der Waals surface area contributed by atoms with Crippen LogP contribution in [0, 0.1) is 0 Å². The predicted molar refractivity (Wildman–Crippen MR) is 107 cm³/mol. The van der Waals surface area contributed by atoms with Gasteiger partial charge in [0.25, 0.3) is 5.91 Å². The van der Waals surface area contributed by atoms with Crippen LogP contribution in [0.5, 0.6) is 5.75 Å². The number of hydrogen-bond donors (Lipinski definition) is 2. The first kappa shape index (κ1) is 18.7. The smallest absolute Gasteiger partial charge is 0.256 e. The van der Waals surface area contributed by atoms with E-state index in [1.54, 1.807) is 43.5 Å². The highest BCUT2D eigenvalue weighted by Gasteiger charge is 2.07. The van der Waals surface area contributed by atoms with Crippen LogP contribution in [0.15, 0.2) is 60.7 Å². The highest BCUT2D eigenvalue weighted by atomic mass is 35.5. The fraction of sp³-hybridized carbons (Fsp3) is 0.150. The van der Waals surface area contributed by atoms with Gasteiger partial charge in [0.15, 0.2) is 5.82 Å². The maximum absolute atomic E-state index is 12.2. The second-order valence-corrected chi connectivity index (χ2v) is 6.23. The molecule has 0 aliphatic carbocycles. The molecule has 0 atom stereocenters. The summed E-state index contributed by atoms with van der Waals surface area (Å²) in [5.41, 5.74) is 1.70. The number of carbonyl (C=O) groups is 1. The number of carbonyl (C=O) groups excluding carboxylic acids is 1. The lowest BCUT2D eigenvalue weighted by Gasteiger charge is -2.07. The zero-order valence-electron chi connectivity index (χ0n) is 14.8. The molecule has 0 aliphatic heterocycles. The fourth-order valence-corrected chi connectivity index (χ4v) is 2.54. The van der Waals surface area contributed by atoms with Crippen molar-refractivity contribution < 1.29 is 9.53 Å². The fourth-order valence-electron chi connectivity index (χ4n) is 2.41. The molecule has 2 aromatic carbocycles. The molecule has 138 valence electrons. The zero-order valence-corrected chi connectivity index (χ0v) is 15.5. The lowest BCUT2D eigenvalue weighted by molar-refractivity contribution is 0.102. The van der Waals surface area contributed by atoms with E-state index < -0.39 is 0 Å². The number of aromatic nitrogens is 2. The number of methoxy groups -OCH3 is 1. The number of halogens is 1. The van der Waals surface area contributed by atoms with Gasteiger partial charge in [-0.3, -0.25) is 4.79 Å². The van der Waals surface area contributed by atoms with E-state index >= 15 is 0 Å². The number of hydrogen-bond acceptors (Lipinski definition) is 5. The monoisotopic (exact) mass is 382 g/mol. The van der Waals surface area contributed by atoms with Gasteiger partial charge < -0.3 is 15.4 Å². The molecule has 1 amide bonds. The maximum Gasteiger partial charge on any atom is 0.256 e. The summed E-state index contributed by atoms with van der Waals surface area (Å²) in [5.74, 6) is 1.47. The van der Waals surface area contributed by atoms with Crippen LogP contribution in [0.1, 0.15) is 15.9 Å². The van der Waals surface area contributed by atoms with Gasteiger partial charge in [0.2, 0.25) is 0 Å². The molecule has 3 rings (SSSR count). The van der Waals surface area contributed by atoms with E-state index in [0.717, 1.165) is 11.4 Å². The molecule has 27 heavy (non-hydrogen) atoms. The van der Waals surface area contributed by atoms with Crippen LogP contribution in [-0.2, 0) is 6.42 Å². The van der Waals surface area contributed by atoms with Crippen LogP contribution in [-0.4, -0.2) is 29.8 Å². The number of anilines is 2. The van der Waals surface area contributed by atoms with E-state index in [4.69, 9.17) is 16.3 Å². The van der Waals surface area contributed by atoms with E-state index in [2.05, 4.69) is 20.8 Å². The van der Waals surface area contributed by atoms with Crippen LogP contribution < -0.4 is 15.4 Å². The molecule has 0 fully saturated rings. The first-order chi connectivity index (χ1) is 13.1. The van der Waals surface area contributed by atoms with E-state index in [0.29, 0.717) is 29.5 Å². The van der Waals surface area contributed by atoms with Crippen LogP contribution in [0.2, 0.25) is 5.02 Å². The third-order valence-corrected chi connectivity index (χ3v) is 4.14. The van der Waals surface area contributed by atoms with E-state index in [1.165, 1.54) is 5.56 Å². The highest BCUT2D eigenvalue weighted by molar-refractivity contribution is 6.30. The molecular formula is C20H19ClN4O2. The third kappa shape index (κ3) is 5.43. The first-order valence-electron chi connectivity index (χ1n) is 8.41. The average Bonchev–Trinajstić information content (AvgIpc) is 2.71. The standard InChI is InChI=1S/C20H19ClN4O2/c1-27-17-8-4-15(5-9-17)20(26)23-19-11-10-18(24-25-19)22-13-12-14-2-6-16(21)7-3-14/h2-11H,12-13H2,1H3,(H,22,24)(H,23,25,26). The Kier molecular flexibility index (Phi) is 6.22. The molecule has 0 bridgehead atoms. The summed E-state index contributed by atoms with van der Waals surface area (Å²) in [4.78, 5) is 12.2. The van der Waals surface area contributed by atoms with E-state index in [-0.39, 0.29) is 5.91 Å². The maximum atomic E-state index is 12.2. The van der Waals surface area contributed by atoms with Gasteiger partial charge in [-0.15, -0.1) is 10.2 Å². The summed E-state index contributed by atoms with van der Waals surface area (Å²) in [6.45, 7) is 0.716. The first-order valence-corrected chi connectivity index (χ1v) is 8.79. The van der Waals surface area contributed by atoms with Crippen LogP contribution >= 0.6 is 11.6 Å². The number of nitrogens with one attached hydrogen (secondary N) is 2. The quantitative estimate of drug-likeness (QED) is 0.644. The van der Waals surface area contributed by atoms with Crippen molar-refractivity contribution in [2.45, 2.75) is 6.42 Å². The summed E-state index contributed by atoms with van der Waals surface area (Å²) in [5, 5.41) is 14.8. The van der Waals surface area contributed by atoms with Gasteiger partial charge in [-0.25, -0.2) is 0 Å². The molecule has 0 aliphatic rings. The number of benzene rings is 2. The largest absolute Gasteiger partial charge is 0.497 e. The van der Waals surface area contributed by atoms with Gasteiger partial charge in [0.05, 0.1) is 7.11 Å². The Hall–Kier alpha value is -3.12. The summed E-state index contributed by atoms with van der Waals surface area (Å²) >= 11 is 5.88. The van der Waals surface area contributed by atoms with Crippen molar-refractivity contribution in [1.29, 1.82) is 0 Å². The minimum absolute atomic E-state index is 0.254. The Labute approximate surface area is 162 Å². The number of ether oxygens (including phenoxy) is 1. The van der Waals surface area contributed by atoms with Gasteiger partial charge >= 0.3 is 0 Å². The molecular weight excluding hydrogens is 364 g/mol. The number of nitrogens with zero attached hydrogens (tertiary/aromatic N) is 2. The Bertz CT molecular complexity index is 881. The van der Waals surface area contributed by atoms with Crippen LogP contribution in [0.4, 0.5) is 11.6 Å². The van der Waals surface area contributed by atoms with Crippen LogP contribution in [0.25, 0.3) is 0 Å². The van der Waals surface area contributed by atoms with Crippen LogP contribution in [0.3, 0.4) is 0 Å². The molecule has 0 saturated carbocycles. The van der Waals surface area contributed by atoms with Gasteiger partial charge in [-0.2, -0.15) is 0 Å². The summed E-state index contributed by atoms with van der Waals surface area (Å²) in [6.07, 6.45) is 0.842. The molecule has 0 spiro atoms. The van der Waals surface area contributed by atoms with Crippen molar-refractivity contribution in [3.8, 4) is 5.75 Å². The lowest BCUT2D eigenvalue weighted by Crippen LogP contribution is -2.14. The average molecular weight is 383 g/mol. The summed E-state index contributed by atoms with van der Waals surface area (Å²) in [7, 11) is 1.58. The molecule has 0 radical (unpaired) electrons. The van der Waals surface area contributed by atoms with Crippen molar-refractivity contribution in [3.05, 3.63) is 76.8 Å². The molecule has 3 aromatic rings. The number of amides is 1. The second kappa shape index (κ2) is 9.00. The van der Waals surface area contributed by atoms with E-state index in [1.807, 2.05) is 24.3 Å². The Morgan fingerprint density at radius 3 is 2.26 bits per heavy atom. The van der Waals surface area contributed by atoms with Crippen molar-refractivity contribution in [2.75, 3.05) is 24.3 Å². The summed E-state index contributed by atoms with van der Waals surface area (Å²) < 4.78 is 5.08. The molecule has 7 heteroatoms. The highest BCUT2D eigenvalue weighted by Crippen LogP contribution is 2.14. The Balaban J connectivity index is 1.50. The van der Waals surface area contributed by atoms with Gasteiger partial charge in [-0.05, 0) is 60.5 Å². The Morgan fingerprint density at radius 1 is 0.963 bits per heavy atom. The molecule has 2 N–H and O–H groups in total. The van der Waals surface area contributed by atoms with E-state index in [9.17, 15) is 4.79 Å². The topological polar surface area (TPSA) is 76.1 Å². The minimum Gasteiger partial charge on any atom is -0.497 e. The second-order valence-electron chi connectivity index (χ2n) is 5.79. The molecule has 6 nitrogen and oxygen atoms in total. The predicted octanol–water partition coefficient (Wildman–Crippen LogP) is 4.05. The van der Waals surface area contributed by atoms with Gasteiger partial charge in [0.1, 0.15) is 11.6 Å².